The molecule has 0 saturated carbocycles. The molecule has 110 valence electrons. The Morgan fingerprint density at radius 2 is 2.00 bits per heavy atom. The van der Waals surface area contributed by atoms with Gasteiger partial charge < -0.3 is 9.80 Å². The molecule has 0 radical (unpaired) electrons. The molecule has 3 rings (SSSR count). The number of fused-ring (bicyclic) bond motifs is 1. The van der Waals surface area contributed by atoms with Crippen LogP contribution in [-0.2, 0) is 6.42 Å². The van der Waals surface area contributed by atoms with Crippen LogP contribution in [0.1, 0.15) is 22.8 Å². The molecular weight excluding hydrogens is 262 g/mol. The van der Waals surface area contributed by atoms with E-state index in [-0.39, 0.29) is 0 Å². The molecule has 4 heteroatoms. The molecule has 0 bridgehead atoms. The van der Waals surface area contributed by atoms with Crippen LogP contribution in [0, 0.1) is 0 Å². The molecule has 2 aromatic rings. The highest BCUT2D eigenvalue weighted by Gasteiger charge is 2.19. The van der Waals surface area contributed by atoms with Crippen molar-refractivity contribution < 1.29 is 4.79 Å². The first-order valence-corrected chi connectivity index (χ1v) is 7.54. The Morgan fingerprint density at radius 1 is 1.24 bits per heavy atom. The summed E-state index contributed by atoms with van der Waals surface area (Å²) in [6, 6.07) is 8.15. The number of anilines is 1. The first-order chi connectivity index (χ1) is 10.2. The van der Waals surface area contributed by atoms with Gasteiger partial charge in [0, 0.05) is 31.6 Å². The molecule has 1 aliphatic heterocycles. The van der Waals surface area contributed by atoms with Crippen LogP contribution in [0.4, 0.5) is 5.82 Å². The molecule has 0 atom stereocenters. The van der Waals surface area contributed by atoms with Crippen LogP contribution in [-0.4, -0.2) is 49.4 Å². The van der Waals surface area contributed by atoms with E-state index in [9.17, 15) is 4.79 Å². The molecule has 4 nitrogen and oxygen atoms in total. The quantitative estimate of drug-likeness (QED) is 0.810. The standard InChI is InChI=1S/C17H21N3O/c1-3-13-5-4-6-14-11-15(12-21)17(18-16(13)14)20-9-7-19(2)8-10-20/h4-6,11-12H,3,7-10H2,1-2H3. The number of hydrogen-bond donors (Lipinski definition) is 0. The highest BCUT2D eigenvalue weighted by atomic mass is 16.1. The fourth-order valence-corrected chi connectivity index (χ4v) is 2.91. The monoisotopic (exact) mass is 283 g/mol. The molecule has 1 aliphatic rings. The number of rotatable bonds is 3. The van der Waals surface area contributed by atoms with Gasteiger partial charge in [-0.3, -0.25) is 4.79 Å². The van der Waals surface area contributed by atoms with E-state index in [0.717, 1.165) is 55.6 Å². The number of hydrogen-bond acceptors (Lipinski definition) is 4. The summed E-state index contributed by atoms with van der Waals surface area (Å²) in [7, 11) is 2.13. The number of aldehydes is 1. The maximum Gasteiger partial charge on any atom is 0.153 e. The van der Waals surface area contributed by atoms with Gasteiger partial charge in [0.25, 0.3) is 0 Å². The number of piperazine rings is 1. The predicted molar refractivity (Wildman–Crippen MR) is 86.2 cm³/mol. The summed E-state index contributed by atoms with van der Waals surface area (Å²) < 4.78 is 0. The van der Waals surface area contributed by atoms with Crippen molar-refractivity contribution in [1.82, 2.24) is 9.88 Å². The zero-order valence-corrected chi connectivity index (χ0v) is 12.7. The highest BCUT2D eigenvalue weighted by Crippen LogP contribution is 2.25. The van der Waals surface area contributed by atoms with E-state index in [1.54, 1.807) is 0 Å². The van der Waals surface area contributed by atoms with Crippen LogP contribution in [0.15, 0.2) is 24.3 Å². The number of carbonyl (C=O) groups excluding carboxylic acids is 1. The van der Waals surface area contributed by atoms with Crippen molar-refractivity contribution in [1.29, 1.82) is 0 Å². The fourth-order valence-electron chi connectivity index (χ4n) is 2.91. The van der Waals surface area contributed by atoms with Crippen molar-refractivity contribution in [3.8, 4) is 0 Å². The second kappa shape index (κ2) is 5.82. The number of pyridine rings is 1. The summed E-state index contributed by atoms with van der Waals surface area (Å²) in [5.74, 6) is 0.839. The SMILES string of the molecule is CCc1cccc2cc(C=O)c(N3CCN(C)CC3)nc12. The molecule has 0 amide bonds. The number of para-hydroxylation sites is 1. The van der Waals surface area contributed by atoms with Gasteiger partial charge in [0.05, 0.1) is 11.1 Å². The van der Waals surface area contributed by atoms with Gasteiger partial charge in [-0.1, -0.05) is 25.1 Å². The molecule has 0 unspecified atom stereocenters. The van der Waals surface area contributed by atoms with Crippen LogP contribution in [0.3, 0.4) is 0 Å². The lowest BCUT2D eigenvalue weighted by Gasteiger charge is -2.34. The summed E-state index contributed by atoms with van der Waals surface area (Å²) in [5, 5.41) is 1.05. The smallest absolute Gasteiger partial charge is 0.153 e. The van der Waals surface area contributed by atoms with Crippen LogP contribution in [0.5, 0.6) is 0 Å². The van der Waals surface area contributed by atoms with E-state index in [2.05, 4.69) is 29.8 Å². The number of carbonyl (C=O) groups is 1. The zero-order valence-electron chi connectivity index (χ0n) is 12.7. The number of nitrogens with zero attached hydrogens (tertiary/aromatic N) is 3. The molecule has 0 aliphatic carbocycles. The van der Waals surface area contributed by atoms with Crippen molar-refractivity contribution in [2.24, 2.45) is 0 Å². The lowest BCUT2D eigenvalue weighted by molar-refractivity contribution is 0.112. The van der Waals surface area contributed by atoms with Gasteiger partial charge in [-0.05, 0) is 25.1 Å². The molecule has 1 saturated heterocycles. The molecule has 1 aromatic carbocycles. The van der Waals surface area contributed by atoms with E-state index in [1.807, 2.05) is 18.2 Å². The molecule has 1 aromatic heterocycles. The summed E-state index contributed by atoms with van der Waals surface area (Å²) in [6.07, 6.45) is 1.88. The van der Waals surface area contributed by atoms with Gasteiger partial charge in [0.15, 0.2) is 6.29 Å². The lowest BCUT2D eigenvalue weighted by Crippen LogP contribution is -2.45. The Labute approximate surface area is 125 Å². The minimum Gasteiger partial charge on any atom is -0.353 e. The number of benzene rings is 1. The van der Waals surface area contributed by atoms with Gasteiger partial charge in [-0.2, -0.15) is 0 Å². The van der Waals surface area contributed by atoms with Gasteiger partial charge in [0.1, 0.15) is 5.82 Å². The van der Waals surface area contributed by atoms with Crippen molar-refractivity contribution in [2.45, 2.75) is 13.3 Å². The second-order valence-corrected chi connectivity index (χ2v) is 5.65. The first-order valence-electron chi connectivity index (χ1n) is 7.54. The molecule has 1 fully saturated rings. The molecule has 0 spiro atoms. The third kappa shape index (κ3) is 2.63. The van der Waals surface area contributed by atoms with Crippen molar-refractivity contribution in [3.63, 3.8) is 0 Å². The van der Waals surface area contributed by atoms with Gasteiger partial charge >= 0.3 is 0 Å². The average molecular weight is 283 g/mol. The van der Waals surface area contributed by atoms with Gasteiger partial charge in [0.2, 0.25) is 0 Å². The largest absolute Gasteiger partial charge is 0.353 e. The predicted octanol–water partition coefficient (Wildman–Crippen LogP) is 2.36. The van der Waals surface area contributed by atoms with E-state index < -0.39 is 0 Å². The van der Waals surface area contributed by atoms with Crippen LogP contribution >= 0.6 is 0 Å². The Hall–Kier alpha value is -1.94. The van der Waals surface area contributed by atoms with Gasteiger partial charge in [-0.25, -0.2) is 4.98 Å². The molecular formula is C17H21N3O. The minimum atomic E-state index is 0.695. The van der Waals surface area contributed by atoms with E-state index in [4.69, 9.17) is 4.98 Å². The van der Waals surface area contributed by atoms with Crippen molar-refractivity contribution in [2.75, 3.05) is 38.1 Å². The maximum atomic E-state index is 11.5. The maximum absolute atomic E-state index is 11.5. The summed E-state index contributed by atoms with van der Waals surface area (Å²) in [6.45, 7) is 5.99. The number of likely N-dealkylation sites (N-methyl/N-ethyl adjacent to an activating group) is 1. The normalized spacial score (nSPS) is 16.4. The van der Waals surface area contributed by atoms with Gasteiger partial charge in [-0.15, -0.1) is 0 Å². The summed E-state index contributed by atoms with van der Waals surface area (Å²) in [4.78, 5) is 20.8. The average Bonchev–Trinajstić information content (AvgIpc) is 2.53. The number of aromatic nitrogens is 1. The Balaban J connectivity index is 2.09. The topological polar surface area (TPSA) is 36.4 Å². The van der Waals surface area contributed by atoms with E-state index in [0.29, 0.717) is 5.56 Å². The third-order valence-corrected chi connectivity index (χ3v) is 4.25. The first kappa shape index (κ1) is 14.0. The molecule has 2 heterocycles. The molecule has 0 N–H and O–H groups in total. The van der Waals surface area contributed by atoms with Crippen LogP contribution < -0.4 is 4.90 Å². The second-order valence-electron chi connectivity index (χ2n) is 5.65. The highest BCUT2D eigenvalue weighted by molar-refractivity contribution is 5.93. The number of aryl methyl sites for hydroxylation is 1. The Kier molecular flexibility index (Phi) is 3.88. The zero-order chi connectivity index (χ0) is 14.8. The Bertz CT molecular complexity index is 660. The minimum absolute atomic E-state index is 0.695. The van der Waals surface area contributed by atoms with Crippen LogP contribution in [0.2, 0.25) is 0 Å². The third-order valence-electron chi connectivity index (χ3n) is 4.25. The van der Waals surface area contributed by atoms with E-state index in [1.165, 1.54) is 5.56 Å². The Morgan fingerprint density at radius 3 is 2.67 bits per heavy atom. The summed E-state index contributed by atoms with van der Waals surface area (Å²) in [5.41, 5.74) is 2.96. The molecule has 21 heavy (non-hydrogen) atoms. The summed E-state index contributed by atoms with van der Waals surface area (Å²) >= 11 is 0. The van der Waals surface area contributed by atoms with E-state index >= 15 is 0 Å². The lowest BCUT2D eigenvalue weighted by atomic mass is 10.1. The van der Waals surface area contributed by atoms with Crippen molar-refractivity contribution >= 4 is 23.0 Å². The van der Waals surface area contributed by atoms with Crippen LogP contribution in [0.25, 0.3) is 10.9 Å². The fraction of sp³-hybridized carbons (Fsp3) is 0.412. The van der Waals surface area contributed by atoms with Crippen molar-refractivity contribution in [3.05, 3.63) is 35.4 Å².